The molecule has 0 N–H and O–H groups in total. The van der Waals surface area contributed by atoms with Gasteiger partial charge >= 0.3 is 25.7 Å². The Labute approximate surface area is 345 Å². The Morgan fingerprint density at radius 1 is 0.158 bits per heavy atom. The first kappa shape index (κ1) is 54.9. The van der Waals surface area contributed by atoms with Gasteiger partial charge in [-0.05, 0) is 39.3 Å². The Hall–Kier alpha value is -0.0694. The lowest BCUT2D eigenvalue weighted by Crippen LogP contribution is -2.37. The molecule has 21 heteroatoms. The molecule has 0 aromatic rings. The van der Waals surface area contributed by atoms with Crippen LogP contribution < -0.4 is 0 Å². The second kappa shape index (κ2) is 38.8. The summed E-state index contributed by atoms with van der Waals surface area (Å²) in [5.74, 6) is 0. The summed E-state index contributed by atoms with van der Waals surface area (Å²) in [7, 11) is -6.13. The van der Waals surface area contributed by atoms with Gasteiger partial charge in [-0.2, -0.15) is 0 Å². The van der Waals surface area contributed by atoms with Gasteiger partial charge in [0.1, 0.15) is 0 Å². The molecule has 18 nitrogen and oxygen atoms in total. The minimum absolute atomic E-state index is 0.539. The van der Waals surface area contributed by atoms with Crippen molar-refractivity contribution in [2.75, 3.05) is 198 Å². The van der Waals surface area contributed by atoms with E-state index in [0.717, 1.165) is 0 Å². The van der Waals surface area contributed by atoms with E-state index < -0.39 is 25.7 Å². The minimum Gasteiger partial charge on any atom is -0.392 e. The Balaban J connectivity index is 0.000000433. The van der Waals surface area contributed by atoms with Gasteiger partial charge in [0.2, 0.25) is 0 Å². The first-order chi connectivity index (χ1) is 27.6. The van der Waals surface area contributed by atoms with Crippen molar-refractivity contribution in [3.8, 4) is 0 Å². The van der Waals surface area contributed by atoms with Crippen molar-refractivity contribution < 1.29 is 83.4 Å². The van der Waals surface area contributed by atoms with Crippen LogP contribution in [0.5, 0.6) is 0 Å². The van der Waals surface area contributed by atoms with Crippen molar-refractivity contribution in [3.05, 3.63) is 0 Å². The summed E-state index contributed by atoms with van der Waals surface area (Å²) in [6, 6.07) is 0. The average molecular weight is 883 g/mol. The molecule has 0 aliphatic carbocycles. The molecular formula is C36H78O18Si3. The van der Waals surface area contributed by atoms with Crippen LogP contribution in [0.4, 0.5) is 0 Å². The summed E-state index contributed by atoms with van der Waals surface area (Å²) >= 11 is 0. The third-order valence-electron chi connectivity index (χ3n) is 7.41. The van der Waals surface area contributed by atoms with Crippen molar-refractivity contribution in [1.82, 2.24) is 0 Å². The lowest BCUT2D eigenvalue weighted by atomic mass is 10.7. The van der Waals surface area contributed by atoms with Crippen molar-refractivity contribution in [2.24, 2.45) is 0 Å². The third-order valence-corrected chi connectivity index (χ3v) is 12.8. The van der Waals surface area contributed by atoms with Gasteiger partial charge in [-0.15, -0.1) is 0 Å². The monoisotopic (exact) mass is 882 g/mol. The highest BCUT2D eigenvalue weighted by molar-refractivity contribution is 6.65. The maximum Gasteiger partial charge on any atom is 0.331 e. The van der Waals surface area contributed by atoms with Crippen LogP contribution >= 0.6 is 0 Å². The van der Waals surface area contributed by atoms with Gasteiger partial charge in [-0.3, -0.25) is 0 Å². The zero-order valence-corrected chi connectivity index (χ0v) is 39.1. The second-order valence-corrected chi connectivity index (χ2v) is 23.8. The molecule has 0 spiro atoms. The first-order valence-electron chi connectivity index (χ1n) is 20.4. The number of rotatable bonds is 0. The molecule has 342 valence electrons. The lowest BCUT2D eigenvalue weighted by molar-refractivity contribution is -0.0187. The highest BCUT2D eigenvalue weighted by Crippen LogP contribution is 2.08. The van der Waals surface area contributed by atoms with Crippen LogP contribution in [0, 0.1) is 0 Å². The van der Waals surface area contributed by atoms with Gasteiger partial charge in [-0.25, -0.2) is 0 Å². The molecule has 3 rings (SSSR count). The molecule has 0 aromatic carbocycles. The Kier molecular flexibility index (Phi) is 37.4. The highest BCUT2D eigenvalue weighted by Gasteiger charge is 2.26. The van der Waals surface area contributed by atoms with Crippen molar-refractivity contribution >= 4 is 25.7 Å². The summed E-state index contributed by atoms with van der Waals surface area (Å²) in [4.78, 5) is 0. The van der Waals surface area contributed by atoms with E-state index >= 15 is 0 Å². The summed E-state index contributed by atoms with van der Waals surface area (Å²) < 4.78 is 98.8. The standard InChI is InChI=1S/C14H30O7Si.C12H26O6Si.C10H22O5Si/c1-22(2)20-13-11-18-9-7-16-5-3-15-4-6-17-8-10-19-12-14-21-22;1-19(2)17-11-9-15-7-5-13-3-4-14-6-8-16-10-12-18-19;1-16(2)14-9-7-12-5-3-11-4-6-13-8-10-15-16/h3-14H2,1-2H3;3-12H2,1-2H3;3-10H2,1-2H3. The molecule has 0 radical (unpaired) electrons. The average Bonchev–Trinajstić information content (AvgIpc) is 3.17. The molecular weight excluding hydrogens is 805 g/mol. The van der Waals surface area contributed by atoms with Crippen LogP contribution in [0.2, 0.25) is 39.3 Å². The van der Waals surface area contributed by atoms with E-state index in [0.29, 0.717) is 198 Å². The molecule has 3 saturated heterocycles. The van der Waals surface area contributed by atoms with E-state index in [1.165, 1.54) is 0 Å². The smallest absolute Gasteiger partial charge is 0.331 e. The van der Waals surface area contributed by atoms with Crippen LogP contribution in [-0.4, -0.2) is 224 Å². The Morgan fingerprint density at radius 3 is 0.351 bits per heavy atom. The second-order valence-electron chi connectivity index (χ2n) is 13.6. The SMILES string of the molecule is C[Si]1(C)OCCOCCOCCOCCO1.C[Si]1(C)OCCOCCOCCOCCOCCO1.C[Si]1(C)OCCOCCOCCOCCOCCOCCO1. The summed E-state index contributed by atoms with van der Waals surface area (Å²) in [6.45, 7) is 29.4. The van der Waals surface area contributed by atoms with Gasteiger partial charge in [0, 0.05) is 0 Å². The van der Waals surface area contributed by atoms with Gasteiger partial charge < -0.3 is 83.4 Å². The highest BCUT2D eigenvalue weighted by atomic mass is 28.4. The van der Waals surface area contributed by atoms with Crippen molar-refractivity contribution in [3.63, 3.8) is 0 Å². The van der Waals surface area contributed by atoms with Crippen LogP contribution in [0.15, 0.2) is 0 Å². The normalized spacial score (nSPS) is 25.6. The number of hydrogen-bond acceptors (Lipinski definition) is 18. The summed E-state index contributed by atoms with van der Waals surface area (Å²) in [5, 5.41) is 0. The topological polar surface area (TPSA) is 166 Å². The molecule has 3 aliphatic rings. The van der Waals surface area contributed by atoms with Crippen LogP contribution in [0.25, 0.3) is 0 Å². The summed E-state index contributed by atoms with van der Waals surface area (Å²) in [6.07, 6.45) is 0. The van der Waals surface area contributed by atoms with E-state index in [9.17, 15) is 0 Å². The van der Waals surface area contributed by atoms with Crippen molar-refractivity contribution in [1.29, 1.82) is 0 Å². The quantitative estimate of drug-likeness (QED) is 0.326. The number of ether oxygens (including phenoxy) is 12. The number of hydrogen-bond donors (Lipinski definition) is 0. The first-order valence-corrected chi connectivity index (χ1v) is 28.8. The van der Waals surface area contributed by atoms with E-state index in [4.69, 9.17) is 83.4 Å². The fraction of sp³-hybridized carbons (Fsp3) is 1.00. The molecule has 3 heterocycles. The molecule has 3 fully saturated rings. The Morgan fingerprint density at radius 2 is 0.246 bits per heavy atom. The van der Waals surface area contributed by atoms with Crippen molar-refractivity contribution in [2.45, 2.75) is 39.3 Å². The van der Waals surface area contributed by atoms with E-state index in [1.807, 2.05) is 39.3 Å². The van der Waals surface area contributed by atoms with Crippen LogP contribution in [-0.2, 0) is 83.4 Å². The lowest BCUT2D eigenvalue weighted by Gasteiger charge is -2.23. The maximum absolute atomic E-state index is 5.76. The minimum atomic E-state index is -2.09. The molecule has 0 unspecified atom stereocenters. The van der Waals surface area contributed by atoms with Gasteiger partial charge in [-0.1, -0.05) is 0 Å². The molecule has 0 atom stereocenters. The summed E-state index contributed by atoms with van der Waals surface area (Å²) in [5.41, 5.74) is 0. The maximum atomic E-state index is 5.76. The molecule has 0 aromatic heterocycles. The van der Waals surface area contributed by atoms with E-state index in [-0.39, 0.29) is 0 Å². The van der Waals surface area contributed by atoms with Gasteiger partial charge in [0.25, 0.3) is 0 Å². The Bertz CT molecular complexity index is 794. The predicted molar refractivity (Wildman–Crippen MR) is 218 cm³/mol. The zero-order chi connectivity index (χ0) is 41.4. The third kappa shape index (κ3) is 41.1. The van der Waals surface area contributed by atoms with Crippen LogP contribution in [0.1, 0.15) is 0 Å². The van der Waals surface area contributed by atoms with Gasteiger partial charge in [0.05, 0.1) is 198 Å². The molecule has 0 amide bonds. The molecule has 0 bridgehead atoms. The molecule has 57 heavy (non-hydrogen) atoms. The molecule has 3 aliphatic heterocycles. The largest absolute Gasteiger partial charge is 0.392 e. The van der Waals surface area contributed by atoms with E-state index in [1.54, 1.807) is 0 Å². The fourth-order valence-electron chi connectivity index (χ4n) is 4.49. The fourth-order valence-corrected chi connectivity index (χ4v) is 8.19. The zero-order valence-electron chi connectivity index (χ0n) is 36.1. The molecule has 0 saturated carbocycles. The van der Waals surface area contributed by atoms with Crippen LogP contribution in [0.3, 0.4) is 0 Å². The van der Waals surface area contributed by atoms with Gasteiger partial charge in [0.15, 0.2) is 0 Å². The predicted octanol–water partition coefficient (Wildman–Crippen LogP) is 2.40. The van der Waals surface area contributed by atoms with E-state index in [2.05, 4.69) is 0 Å².